The summed E-state index contributed by atoms with van der Waals surface area (Å²) in [4.78, 5) is 22.8. The summed E-state index contributed by atoms with van der Waals surface area (Å²) in [6.45, 7) is 5.26. The average molecular weight is 422 g/mol. The largest absolute Gasteiger partial charge is 0.493 e. The van der Waals surface area contributed by atoms with Crippen LogP contribution < -0.4 is 14.8 Å². The molecule has 160 valence electrons. The summed E-state index contributed by atoms with van der Waals surface area (Å²) < 4.78 is 12.5. The van der Waals surface area contributed by atoms with Crippen LogP contribution in [0.5, 0.6) is 11.5 Å². The Bertz CT molecular complexity index is 1110. The fraction of sp³-hybridized carbons (Fsp3) is 0.182. The molecule has 2 aromatic carbocycles. The second-order valence-electron chi connectivity index (χ2n) is 6.67. The van der Waals surface area contributed by atoms with E-state index in [1.807, 2.05) is 12.1 Å². The highest BCUT2D eigenvalue weighted by molar-refractivity contribution is 5.91. The number of nitrogens with zero attached hydrogens (tertiary/aromatic N) is 3. The van der Waals surface area contributed by atoms with Crippen molar-refractivity contribution in [2.75, 3.05) is 19.0 Å². The van der Waals surface area contributed by atoms with E-state index in [0.717, 1.165) is 5.56 Å². The van der Waals surface area contributed by atoms with Crippen molar-refractivity contribution in [2.45, 2.75) is 13.3 Å². The third kappa shape index (κ3) is 5.27. The first-order valence-corrected chi connectivity index (χ1v) is 9.43. The minimum Gasteiger partial charge on any atom is -0.493 e. The third-order valence-corrected chi connectivity index (χ3v) is 4.37. The molecule has 1 N–H and O–H groups in total. The molecule has 9 nitrogen and oxygen atoms in total. The van der Waals surface area contributed by atoms with E-state index >= 15 is 0 Å². The Balaban J connectivity index is 1.70. The quantitative estimate of drug-likeness (QED) is 0.319. The molecule has 0 aliphatic rings. The van der Waals surface area contributed by atoms with Crippen LogP contribution in [0.3, 0.4) is 0 Å². The lowest BCUT2D eigenvalue weighted by molar-refractivity contribution is -0.384. The normalized spacial score (nSPS) is 10.4. The first kappa shape index (κ1) is 21.6. The molecular weight excluding hydrogens is 400 g/mol. The zero-order chi connectivity index (χ0) is 22.4. The summed E-state index contributed by atoms with van der Waals surface area (Å²) in [5.41, 5.74) is 2.24. The number of rotatable bonds is 9. The summed E-state index contributed by atoms with van der Waals surface area (Å²) in [6.07, 6.45) is 2.49. The molecule has 0 atom stereocenters. The Kier molecular flexibility index (Phi) is 6.66. The van der Waals surface area contributed by atoms with Gasteiger partial charge in [-0.15, -0.1) is 6.58 Å². The highest BCUT2D eigenvalue weighted by Crippen LogP contribution is 2.28. The van der Waals surface area contributed by atoms with E-state index in [1.165, 1.54) is 23.9 Å². The van der Waals surface area contributed by atoms with E-state index in [4.69, 9.17) is 9.47 Å². The number of ether oxygens (including phenoxy) is 2. The van der Waals surface area contributed by atoms with E-state index in [0.29, 0.717) is 35.1 Å². The number of anilines is 1. The van der Waals surface area contributed by atoms with Crippen molar-refractivity contribution >= 4 is 17.4 Å². The first-order valence-electron chi connectivity index (χ1n) is 9.43. The lowest BCUT2D eigenvalue weighted by atomic mass is 10.1. The Hall–Kier alpha value is -4.14. The van der Waals surface area contributed by atoms with E-state index in [1.54, 1.807) is 37.3 Å². The molecule has 0 fully saturated rings. The van der Waals surface area contributed by atoms with Gasteiger partial charge in [-0.2, -0.15) is 5.10 Å². The van der Waals surface area contributed by atoms with Gasteiger partial charge in [0, 0.05) is 18.2 Å². The smallest absolute Gasteiger partial charge is 0.269 e. The Morgan fingerprint density at radius 2 is 1.97 bits per heavy atom. The van der Waals surface area contributed by atoms with Gasteiger partial charge >= 0.3 is 0 Å². The van der Waals surface area contributed by atoms with Gasteiger partial charge in [0.1, 0.15) is 5.82 Å². The molecule has 1 aromatic heterocycles. The molecular formula is C22H22N4O5. The monoisotopic (exact) mass is 422 g/mol. The van der Waals surface area contributed by atoms with Crippen molar-refractivity contribution in [2.24, 2.45) is 0 Å². The molecule has 0 aliphatic carbocycles. The van der Waals surface area contributed by atoms with Crippen molar-refractivity contribution < 1.29 is 19.2 Å². The zero-order valence-corrected chi connectivity index (χ0v) is 17.2. The van der Waals surface area contributed by atoms with Crippen LogP contribution in [-0.4, -0.2) is 34.3 Å². The Labute approximate surface area is 179 Å². The van der Waals surface area contributed by atoms with Crippen molar-refractivity contribution in [3.63, 3.8) is 0 Å². The van der Waals surface area contributed by atoms with Gasteiger partial charge < -0.3 is 14.8 Å². The van der Waals surface area contributed by atoms with E-state index in [2.05, 4.69) is 17.0 Å². The van der Waals surface area contributed by atoms with Crippen LogP contribution in [0, 0.1) is 17.0 Å². The van der Waals surface area contributed by atoms with Gasteiger partial charge in [-0.1, -0.05) is 12.1 Å². The number of hydrogen-bond donors (Lipinski definition) is 1. The maximum absolute atomic E-state index is 12.5. The zero-order valence-electron chi connectivity index (χ0n) is 17.2. The van der Waals surface area contributed by atoms with Gasteiger partial charge in [-0.3, -0.25) is 14.9 Å². The van der Waals surface area contributed by atoms with Crippen LogP contribution in [0.1, 0.15) is 11.3 Å². The summed E-state index contributed by atoms with van der Waals surface area (Å²) >= 11 is 0. The Morgan fingerprint density at radius 3 is 2.61 bits per heavy atom. The molecule has 0 saturated carbocycles. The second-order valence-corrected chi connectivity index (χ2v) is 6.67. The SMILES string of the molecule is C=CCc1ccc(OCC(=O)Nc2cc(C)nn2-c2ccc([N+](=O)[O-])cc2)c(OC)c1. The van der Waals surface area contributed by atoms with E-state index < -0.39 is 4.92 Å². The number of methoxy groups -OCH3 is 1. The van der Waals surface area contributed by atoms with Crippen LogP contribution in [0.25, 0.3) is 5.69 Å². The maximum Gasteiger partial charge on any atom is 0.269 e. The molecule has 31 heavy (non-hydrogen) atoms. The summed E-state index contributed by atoms with van der Waals surface area (Å²) in [5, 5.41) is 17.9. The van der Waals surface area contributed by atoms with E-state index in [9.17, 15) is 14.9 Å². The molecule has 1 heterocycles. The number of amides is 1. The maximum atomic E-state index is 12.5. The fourth-order valence-corrected chi connectivity index (χ4v) is 2.95. The first-order chi connectivity index (χ1) is 14.9. The van der Waals surface area contributed by atoms with Crippen LogP contribution in [0.15, 0.2) is 61.2 Å². The summed E-state index contributed by atoms with van der Waals surface area (Å²) in [6, 6.07) is 13.0. The number of allylic oxidation sites excluding steroid dienone is 1. The number of nitrogens with one attached hydrogen (secondary N) is 1. The number of benzene rings is 2. The molecule has 3 rings (SSSR count). The molecule has 0 unspecified atom stereocenters. The van der Waals surface area contributed by atoms with Gasteiger partial charge in [0.15, 0.2) is 18.1 Å². The van der Waals surface area contributed by atoms with Crippen molar-refractivity contribution in [3.05, 3.63) is 82.6 Å². The molecule has 3 aromatic rings. The minimum absolute atomic E-state index is 0.0281. The van der Waals surface area contributed by atoms with Crippen LogP contribution in [0.2, 0.25) is 0 Å². The number of carbonyl (C=O) groups is 1. The van der Waals surface area contributed by atoms with Crippen molar-refractivity contribution in [1.82, 2.24) is 9.78 Å². The van der Waals surface area contributed by atoms with Crippen molar-refractivity contribution in [1.29, 1.82) is 0 Å². The highest BCUT2D eigenvalue weighted by Gasteiger charge is 2.14. The molecule has 0 radical (unpaired) electrons. The van der Waals surface area contributed by atoms with Gasteiger partial charge in [-0.25, -0.2) is 4.68 Å². The van der Waals surface area contributed by atoms with E-state index in [-0.39, 0.29) is 18.2 Å². The fourth-order valence-electron chi connectivity index (χ4n) is 2.95. The van der Waals surface area contributed by atoms with Gasteiger partial charge in [0.25, 0.3) is 11.6 Å². The molecule has 9 heteroatoms. The number of nitro benzene ring substituents is 1. The predicted molar refractivity (Wildman–Crippen MR) is 116 cm³/mol. The Morgan fingerprint density at radius 1 is 1.23 bits per heavy atom. The number of nitro groups is 1. The lowest BCUT2D eigenvalue weighted by Crippen LogP contribution is -2.22. The number of aromatic nitrogens is 2. The second kappa shape index (κ2) is 9.57. The van der Waals surface area contributed by atoms with Crippen molar-refractivity contribution in [3.8, 4) is 17.2 Å². The third-order valence-electron chi connectivity index (χ3n) is 4.37. The number of aryl methyl sites for hydroxylation is 1. The van der Waals surface area contributed by atoms with Crippen LogP contribution in [0.4, 0.5) is 11.5 Å². The lowest BCUT2D eigenvalue weighted by Gasteiger charge is -2.12. The topological polar surface area (TPSA) is 109 Å². The molecule has 0 bridgehead atoms. The average Bonchev–Trinajstić information content (AvgIpc) is 3.12. The molecule has 0 spiro atoms. The highest BCUT2D eigenvalue weighted by atomic mass is 16.6. The summed E-state index contributed by atoms with van der Waals surface area (Å²) in [5.74, 6) is 1.01. The number of carbonyl (C=O) groups excluding carboxylic acids is 1. The number of non-ortho nitro benzene ring substituents is 1. The van der Waals surface area contributed by atoms with Gasteiger partial charge in [0.2, 0.25) is 0 Å². The standard InChI is InChI=1S/C22H22N4O5/c1-4-5-16-6-11-19(20(13-16)30-3)31-14-22(27)23-21-12-15(2)24-25(21)17-7-9-18(10-8-17)26(28)29/h4,6-13H,1,5,14H2,2-3H3,(H,23,27). The minimum atomic E-state index is -0.476. The molecule has 0 saturated heterocycles. The molecule has 0 aliphatic heterocycles. The van der Waals surface area contributed by atoms with Crippen LogP contribution >= 0.6 is 0 Å². The summed E-state index contributed by atoms with van der Waals surface area (Å²) in [7, 11) is 1.53. The predicted octanol–water partition coefficient (Wildman–Crippen LogP) is 3.84. The number of hydrogen-bond acceptors (Lipinski definition) is 6. The van der Waals surface area contributed by atoms with Crippen LogP contribution in [-0.2, 0) is 11.2 Å². The van der Waals surface area contributed by atoms with Gasteiger partial charge in [-0.05, 0) is 43.2 Å². The molecule has 1 amide bonds. The van der Waals surface area contributed by atoms with Gasteiger partial charge in [0.05, 0.1) is 23.4 Å².